The molecule has 1 N–H and O–H groups in total. The van der Waals surface area contributed by atoms with Crippen molar-refractivity contribution in [3.63, 3.8) is 0 Å². The lowest BCUT2D eigenvalue weighted by Gasteiger charge is -2.09. The minimum absolute atomic E-state index is 0.0389. The van der Waals surface area contributed by atoms with E-state index in [1.165, 1.54) is 0 Å². The highest BCUT2D eigenvalue weighted by atomic mass is 16.5. The number of hydrogen-bond acceptors (Lipinski definition) is 4. The summed E-state index contributed by atoms with van der Waals surface area (Å²) in [4.78, 5) is 4.45. The van der Waals surface area contributed by atoms with Gasteiger partial charge in [0, 0.05) is 0 Å². The van der Waals surface area contributed by atoms with Gasteiger partial charge < -0.3 is 14.6 Å². The molecule has 22 heavy (non-hydrogen) atoms. The topological polar surface area (TPSA) is 56.5 Å². The Morgan fingerprint density at radius 3 is 2.45 bits per heavy atom. The van der Waals surface area contributed by atoms with Crippen LogP contribution < -0.4 is 9.47 Å². The van der Waals surface area contributed by atoms with Crippen molar-refractivity contribution in [2.45, 2.75) is 6.54 Å². The zero-order valence-electron chi connectivity index (χ0n) is 12.2. The van der Waals surface area contributed by atoms with E-state index in [0.717, 1.165) is 16.8 Å². The van der Waals surface area contributed by atoms with Gasteiger partial charge in [0.25, 0.3) is 6.01 Å². The van der Waals surface area contributed by atoms with Crippen molar-refractivity contribution in [3.05, 3.63) is 54.6 Å². The maximum atomic E-state index is 9.21. The van der Waals surface area contributed by atoms with Crippen molar-refractivity contribution in [1.29, 1.82) is 0 Å². The van der Waals surface area contributed by atoms with E-state index in [0.29, 0.717) is 25.8 Å². The molecule has 1 heterocycles. The van der Waals surface area contributed by atoms with Gasteiger partial charge in [0.15, 0.2) is 0 Å². The van der Waals surface area contributed by atoms with Gasteiger partial charge in [-0.25, -0.2) is 0 Å². The second-order valence-electron chi connectivity index (χ2n) is 4.77. The lowest BCUT2D eigenvalue weighted by molar-refractivity contribution is 0.195. The lowest BCUT2D eigenvalue weighted by atomic mass is 10.3. The van der Waals surface area contributed by atoms with Crippen molar-refractivity contribution >= 4 is 11.0 Å². The Morgan fingerprint density at radius 1 is 0.909 bits per heavy atom. The Hall–Kier alpha value is -2.53. The summed E-state index contributed by atoms with van der Waals surface area (Å²) >= 11 is 0. The van der Waals surface area contributed by atoms with E-state index in [1.54, 1.807) is 0 Å². The predicted molar refractivity (Wildman–Crippen MR) is 84.3 cm³/mol. The number of rotatable bonds is 7. The smallest absolute Gasteiger partial charge is 0.297 e. The number of aromatic nitrogens is 2. The Morgan fingerprint density at radius 2 is 1.64 bits per heavy atom. The zero-order valence-corrected chi connectivity index (χ0v) is 12.2. The second kappa shape index (κ2) is 6.95. The van der Waals surface area contributed by atoms with Crippen LogP contribution in [0.3, 0.4) is 0 Å². The van der Waals surface area contributed by atoms with E-state index in [-0.39, 0.29) is 6.61 Å². The number of imidazole rings is 1. The molecule has 1 aromatic heterocycles. The van der Waals surface area contributed by atoms with Crippen LogP contribution in [-0.2, 0) is 6.54 Å². The zero-order chi connectivity index (χ0) is 15.2. The van der Waals surface area contributed by atoms with Gasteiger partial charge in [0.05, 0.1) is 24.2 Å². The molecule has 0 aliphatic carbocycles. The van der Waals surface area contributed by atoms with Crippen molar-refractivity contribution in [1.82, 2.24) is 9.55 Å². The highest BCUT2D eigenvalue weighted by Crippen LogP contribution is 2.21. The molecular formula is C17H18N2O3. The van der Waals surface area contributed by atoms with Crippen LogP contribution in [-0.4, -0.2) is 34.5 Å². The third kappa shape index (κ3) is 3.20. The first-order valence-electron chi connectivity index (χ1n) is 7.25. The van der Waals surface area contributed by atoms with Gasteiger partial charge in [-0.2, -0.15) is 4.98 Å². The van der Waals surface area contributed by atoms with Crippen molar-refractivity contribution < 1.29 is 14.6 Å². The molecule has 5 nitrogen and oxygen atoms in total. The summed E-state index contributed by atoms with van der Waals surface area (Å²) in [5, 5.41) is 9.21. The molecule has 0 atom stereocenters. The SMILES string of the molecule is OCCn1c(OCCOc2ccccc2)nc2ccccc21. The molecule has 0 saturated heterocycles. The second-order valence-corrected chi connectivity index (χ2v) is 4.77. The van der Waals surface area contributed by atoms with E-state index in [4.69, 9.17) is 9.47 Å². The number of aliphatic hydroxyl groups is 1. The van der Waals surface area contributed by atoms with E-state index in [2.05, 4.69) is 4.98 Å². The first-order chi connectivity index (χ1) is 10.9. The van der Waals surface area contributed by atoms with Gasteiger partial charge in [-0.15, -0.1) is 0 Å². The largest absolute Gasteiger partial charge is 0.490 e. The molecule has 0 unspecified atom stereocenters. The first-order valence-corrected chi connectivity index (χ1v) is 7.25. The minimum Gasteiger partial charge on any atom is -0.490 e. The van der Waals surface area contributed by atoms with Crippen LogP contribution in [0.25, 0.3) is 11.0 Å². The lowest BCUT2D eigenvalue weighted by Crippen LogP contribution is -2.13. The standard InChI is InChI=1S/C17H18N2O3/c20-11-10-19-16-9-5-4-8-15(16)18-17(19)22-13-12-21-14-6-2-1-3-7-14/h1-9,20H,10-13H2. The summed E-state index contributed by atoms with van der Waals surface area (Å²) in [6, 6.07) is 17.9. The van der Waals surface area contributed by atoms with Crippen LogP contribution >= 0.6 is 0 Å². The first kappa shape index (κ1) is 14.4. The number of benzene rings is 2. The molecular weight excluding hydrogens is 280 g/mol. The molecule has 0 aliphatic rings. The third-order valence-electron chi connectivity index (χ3n) is 3.27. The normalized spacial score (nSPS) is 10.8. The van der Waals surface area contributed by atoms with Gasteiger partial charge in [-0.1, -0.05) is 30.3 Å². The third-order valence-corrected chi connectivity index (χ3v) is 3.27. The van der Waals surface area contributed by atoms with Gasteiger partial charge in [-0.05, 0) is 24.3 Å². The Kier molecular flexibility index (Phi) is 4.56. The molecule has 3 aromatic rings. The van der Waals surface area contributed by atoms with Crippen LogP contribution in [0.2, 0.25) is 0 Å². The van der Waals surface area contributed by atoms with Gasteiger partial charge >= 0.3 is 0 Å². The summed E-state index contributed by atoms with van der Waals surface area (Å²) in [5.74, 6) is 0.815. The van der Waals surface area contributed by atoms with E-state index >= 15 is 0 Å². The van der Waals surface area contributed by atoms with Crippen LogP contribution in [0.1, 0.15) is 0 Å². The van der Waals surface area contributed by atoms with Gasteiger partial charge in [-0.3, -0.25) is 4.57 Å². The molecule has 2 aromatic carbocycles. The molecule has 0 saturated carbocycles. The fourth-order valence-electron chi connectivity index (χ4n) is 2.29. The predicted octanol–water partition coefficient (Wildman–Crippen LogP) is 2.49. The average Bonchev–Trinajstić information content (AvgIpc) is 2.91. The van der Waals surface area contributed by atoms with Crippen LogP contribution in [0, 0.1) is 0 Å². The maximum Gasteiger partial charge on any atom is 0.297 e. The number of ether oxygens (including phenoxy) is 2. The molecule has 114 valence electrons. The number of hydrogen-bond donors (Lipinski definition) is 1. The monoisotopic (exact) mass is 298 g/mol. The number of fused-ring (bicyclic) bond motifs is 1. The summed E-state index contributed by atoms with van der Waals surface area (Å²) in [6.45, 7) is 1.32. The molecule has 0 spiro atoms. The molecule has 0 amide bonds. The summed E-state index contributed by atoms with van der Waals surface area (Å²) in [7, 11) is 0. The van der Waals surface area contributed by atoms with E-state index in [1.807, 2.05) is 59.2 Å². The van der Waals surface area contributed by atoms with E-state index < -0.39 is 0 Å². The highest BCUT2D eigenvalue weighted by Gasteiger charge is 2.10. The van der Waals surface area contributed by atoms with Crippen LogP contribution in [0.4, 0.5) is 0 Å². The molecule has 0 radical (unpaired) electrons. The molecule has 0 aliphatic heterocycles. The number of nitrogens with zero attached hydrogens (tertiary/aromatic N) is 2. The average molecular weight is 298 g/mol. The Bertz CT molecular complexity index is 725. The fourth-order valence-corrected chi connectivity index (χ4v) is 2.29. The van der Waals surface area contributed by atoms with Crippen molar-refractivity contribution in [2.24, 2.45) is 0 Å². The molecule has 0 bridgehead atoms. The van der Waals surface area contributed by atoms with Crippen LogP contribution in [0.15, 0.2) is 54.6 Å². The molecule has 3 rings (SSSR count). The quantitative estimate of drug-likeness (QED) is 0.681. The van der Waals surface area contributed by atoms with Crippen molar-refractivity contribution in [3.8, 4) is 11.8 Å². The van der Waals surface area contributed by atoms with Crippen molar-refractivity contribution in [2.75, 3.05) is 19.8 Å². The summed E-state index contributed by atoms with van der Waals surface area (Å²) in [5.41, 5.74) is 1.81. The Balaban J connectivity index is 1.64. The Labute approximate surface area is 128 Å². The van der Waals surface area contributed by atoms with Gasteiger partial charge in [0.2, 0.25) is 0 Å². The maximum absolute atomic E-state index is 9.21. The van der Waals surface area contributed by atoms with Gasteiger partial charge in [0.1, 0.15) is 19.0 Å². The van der Waals surface area contributed by atoms with E-state index in [9.17, 15) is 5.11 Å². The highest BCUT2D eigenvalue weighted by molar-refractivity contribution is 5.76. The summed E-state index contributed by atoms with van der Waals surface area (Å²) < 4.78 is 13.2. The fraction of sp³-hybridized carbons (Fsp3) is 0.235. The molecule has 0 fully saturated rings. The van der Waals surface area contributed by atoms with Crippen LogP contribution in [0.5, 0.6) is 11.8 Å². The summed E-state index contributed by atoms with van der Waals surface area (Å²) in [6.07, 6.45) is 0. The minimum atomic E-state index is 0.0389. The number of aliphatic hydroxyl groups excluding tert-OH is 1. The molecule has 5 heteroatoms. The number of para-hydroxylation sites is 3.